The molecular weight excluding hydrogens is 423 g/mol. The summed E-state index contributed by atoms with van der Waals surface area (Å²) >= 11 is 2.18. The van der Waals surface area contributed by atoms with Gasteiger partial charge < -0.3 is 10.1 Å². The standard InChI is InChI=1S/C16H11IN4O3/c17-11-6-8-12(9-7-11)20-15-14(21(22)23)16(19-10-18-15)24-13-4-2-1-3-5-13/h1-10H,(H,18,19,20). The molecule has 24 heavy (non-hydrogen) atoms. The van der Waals surface area contributed by atoms with Crippen LogP contribution >= 0.6 is 22.6 Å². The van der Waals surface area contributed by atoms with E-state index in [4.69, 9.17) is 4.74 Å². The monoisotopic (exact) mass is 434 g/mol. The second kappa shape index (κ2) is 7.21. The van der Waals surface area contributed by atoms with Crippen molar-refractivity contribution in [3.63, 3.8) is 0 Å². The van der Waals surface area contributed by atoms with Gasteiger partial charge in [-0.1, -0.05) is 18.2 Å². The molecule has 120 valence electrons. The second-order valence-corrected chi connectivity index (χ2v) is 5.93. The Kier molecular flexibility index (Phi) is 4.85. The first-order valence-corrected chi connectivity index (χ1v) is 7.96. The molecule has 7 nitrogen and oxygen atoms in total. The first-order valence-electron chi connectivity index (χ1n) is 6.88. The van der Waals surface area contributed by atoms with Crippen LogP contribution in [0.15, 0.2) is 60.9 Å². The molecule has 0 saturated heterocycles. The van der Waals surface area contributed by atoms with Gasteiger partial charge in [0.2, 0.25) is 5.82 Å². The zero-order chi connectivity index (χ0) is 16.9. The molecule has 0 spiro atoms. The van der Waals surface area contributed by atoms with Crippen LogP contribution in [0.2, 0.25) is 0 Å². The van der Waals surface area contributed by atoms with Crippen molar-refractivity contribution in [2.24, 2.45) is 0 Å². The van der Waals surface area contributed by atoms with Crippen LogP contribution in [-0.2, 0) is 0 Å². The molecule has 3 rings (SSSR count). The van der Waals surface area contributed by atoms with Gasteiger partial charge in [-0.15, -0.1) is 0 Å². The molecule has 0 amide bonds. The van der Waals surface area contributed by atoms with E-state index < -0.39 is 4.92 Å². The number of benzene rings is 2. The molecule has 0 aliphatic rings. The fraction of sp³-hybridized carbons (Fsp3) is 0. The number of halogens is 1. The number of ether oxygens (including phenoxy) is 1. The fourth-order valence-corrected chi connectivity index (χ4v) is 2.32. The number of nitrogens with one attached hydrogen (secondary N) is 1. The summed E-state index contributed by atoms with van der Waals surface area (Å²) in [5.41, 5.74) is 0.364. The molecule has 0 aliphatic carbocycles. The van der Waals surface area contributed by atoms with E-state index in [1.165, 1.54) is 6.33 Å². The summed E-state index contributed by atoms with van der Waals surface area (Å²) in [6, 6.07) is 16.1. The van der Waals surface area contributed by atoms with Crippen LogP contribution in [0.25, 0.3) is 0 Å². The highest BCUT2D eigenvalue weighted by atomic mass is 127. The number of hydrogen-bond donors (Lipinski definition) is 1. The van der Waals surface area contributed by atoms with Gasteiger partial charge in [-0.3, -0.25) is 10.1 Å². The van der Waals surface area contributed by atoms with Gasteiger partial charge in [-0.2, -0.15) is 4.98 Å². The van der Waals surface area contributed by atoms with E-state index in [1.807, 2.05) is 30.3 Å². The maximum Gasteiger partial charge on any atom is 0.373 e. The van der Waals surface area contributed by atoms with Crippen LogP contribution in [0.4, 0.5) is 17.2 Å². The molecule has 0 fully saturated rings. The minimum absolute atomic E-state index is 0.0714. The van der Waals surface area contributed by atoms with Gasteiger partial charge in [0.25, 0.3) is 0 Å². The highest BCUT2D eigenvalue weighted by Gasteiger charge is 2.25. The van der Waals surface area contributed by atoms with Crippen LogP contribution < -0.4 is 10.1 Å². The van der Waals surface area contributed by atoms with Crippen LogP contribution in [0.3, 0.4) is 0 Å². The number of nitrogens with zero attached hydrogens (tertiary/aromatic N) is 3. The predicted octanol–water partition coefficient (Wildman–Crippen LogP) is 4.53. The summed E-state index contributed by atoms with van der Waals surface area (Å²) in [5, 5.41) is 14.4. The Morgan fingerprint density at radius 2 is 1.75 bits per heavy atom. The molecule has 0 bridgehead atoms. The quantitative estimate of drug-likeness (QED) is 0.361. The van der Waals surface area contributed by atoms with Crippen LogP contribution in [0.1, 0.15) is 0 Å². The number of anilines is 2. The molecular formula is C16H11IN4O3. The SMILES string of the molecule is O=[N+]([O-])c1c(Nc2ccc(I)cc2)ncnc1Oc1ccccc1. The summed E-state index contributed by atoms with van der Waals surface area (Å²) in [4.78, 5) is 18.8. The topological polar surface area (TPSA) is 90.2 Å². The molecule has 8 heteroatoms. The molecule has 3 aromatic rings. The Hall–Kier alpha value is -2.75. The lowest BCUT2D eigenvalue weighted by molar-refractivity contribution is -0.385. The highest BCUT2D eigenvalue weighted by Crippen LogP contribution is 2.35. The Morgan fingerprint density at radius 3 is 2.42 bits per heavy atom. The van der Waals surface area contributed by atoms with Crippen molar-refractivity contribution in [1.29, 1.82) is 0 Å². The van der Waals surface area contributed by atoms with E-state index in [1.54, 1.807) is 24.3 Å². The summed E-state index contributed by atoms with van der Waals surface area (Å²) < 4.78 is 6.59. The largest absolute Gasteiger partial charge is 0.434 e. The van der Waals surface area contributed by atoms with Crippen molar-refractivity contribution in [3.05, 3.63) is 74.6 Å². The first kappa shape index (κ1) is 16.1. The third kappa shape index (κ3) is 3.77. The van der Waals surface area contributed by atoms with Crippen LogP contribution in [-0.4, -0.2) is 14.9 Å². The smallest absolute Gasteiger partial charge is 0.373 e. The molecule has 0 atom stereocenters. The van der Waals surface area contributed by atoms with E-state index in [0.717, 1.165) is 3.57 Å². The maximum atomic E-state index is 11.5. The van der Waals surface area contributed by atoms with Crippen molar-refractivity contribution >= 4 is 39.8 Å². The predicted molar refractivity (Wildman–Crippen MR) is 97.6 cm³/mol. The first-order chi connectivity index (χ1) is 11.6. The van der Waals surface area contributed by atoms with Gasteiger partial charge >= 0.3 is 11.6 Å². The van der Waals surface area contributed by atoms with Crippen LogP contribution in [0, 0.1) is 13.7 Å². The molecule has 2 aromatic carbocycles. The Balaban J connectivity index is 1.96. The fourth-order valence-electron chi connectivity index (χ4n) is 1.96. The average molecular weight is 434 g/mol. The Labute approximate surface area is 151 Å². The van der Waals surface area contributed by atoms with E-state index in [2.05, 4.69) is 37.9 Å². The van der Waals surface area contributed by atoms with E-state index >= 15 is 0 Å². The van der Waals surface area contributed by atoms with Crippen molar-refractivity contribution < 1.29 is 9.66 Å². The second-order valence-electron chi connectivity index (χ2n) is 4.68. The third-order valence-corrected chi connectivity index (χ3v) is 3.76. The molecule has 1 heterocycles. The normalized spacial score (nSPS) is 10.2. The summed E-state index contributed by atoms with van der Waals surface area (Å²) in [7, 11) is 0. The lowest BCUT2D eigenvalue weighted by Crippen LogP contribution is -2.03. The molecule has 0 radical (unpaired) electrons. The van der Waals surface area contributed by atoms with Gasteiger partial charge in [0.15, 0.2) is 0 Å². The highest BCUT2D eigenvalue weighted by molar-refractivity contribution is 14.1. The van der Waals surface area contributed by atoms with Crippen molar-refractivity contribution in [1.82, 2.24) is 9.97 Å². The summed E-state index contributed by atoms with van der Waals surface area (Å²) in [5.74, 6) is 0.413. The van der Waals surface area contributed by atoms with E-state index in [0.29, 0.717) is 11.4 Å². The molecule has 1 aromatic heterocycles. The van der Waals surface area contributed by atoms with Crippen molar-refractivity contribution in [2.75, 3.05) is 5.32 Å². The number of hydrogen-bond acceptors (Lipinski definition) is 6. The number of para-hydroxylation sites is 1. The zero-order valence-electron chi connectivity index (χ0n) is 12.2. The van der Waals surface area contributed by atoms with Gasteiger partial charge in [0, 0.05) is 9.26 Å². The van der Waals surface area contributed by atoms with E-state index in [9.17, 15) is 10.1 Å². The molecule has 1 N–H and O–H groups in total. The minimum atomic E-state index is -0.562. The average Bonchev–Trinajstić information content (AvgIpc) is 2.58. The van der Waals surface area contributed by atoms with Crippen LogP contribution in [0.5, 0.6) is 11.6 Å². The maximum absolute atomic E-state index is 11.5. The Bertz CT molecular complexity index is 857. The summed E-state index contributed by atoms with van der Waals surface area (Å²) in [6.07, 6.45) is 1.22. The van der Waals surface area contributed by atoms with Gasteiger partial charge in [-0.25, -0.2) is 4.98 Å². The lowest BCUT2D eigenvalue weighted by Gasteiger charge is -2.09. The molecule has 0 unspecified atom stereocenters. The summed E-state index contributed by atoms with van der Waals surface area (Å²) in [6.45, 7) is 0. The number of rotatable bonds is 5. The molecule has 0 aliphatic heterocycles. The van der Waals surface area contributed by atoms with Crippen molar-refractivity contribution in [3.8, 4) is 11.6 Å². The van der Waals surface area contributed by atoms with E-state index in [-0.39, 0.29) is 17.4 Å². The van der Waals surface area contributed by atoms with Gasteiger partial charge in [0.05, 0.1) is 4.92 Å². The zero-order valence-corrected chi connectivity index (χ0v) is 14.4. The van der Waals surface area contributed by atoms with Gasteiger partial charge in [0.1, 0.15) is 12.1 Å². The minimum Gasteiger partial charge on any atom is -0.434 e. The Morgan fingerprint density at radius 1 is 1.04 bits per heavy atom. The number of aromatic nitrogens is 2. The van der Waals surface area contributed by atoms with Gasteiger partial charge in [-0.05, 0) is 59.0 Å². The van der Waals surface area contributed by atoms with Crippen molar-refractivity contribution in [2.45, 2.75) is 0 Å². The number of nitro groups is 1. The third-order valence-electron chi connectivity index (χ3n) is 3.04. The molecule has 0 saturated carbocycles. The lowest BCUT2D eigenvalue weighted by atomic mass is 10.3.